The van der Waals surface area contributed by atoms with Crippen LogP contribution < -0.4 is 5.56 Å². The summed E-state index contributed by atoms with van der Waals surface area (Å²) in [6.45, 7) is 3.84. The number of rotatable bonds is 5. The maximum atomic E-state index is 12.0. The quantitative estimate of drug-likeness (QED) is 0.755. The van der Waals surface area contributed by atoms with Gasteiger partial charge in [0.1, 0.15) is 0 Å². The van der Waals surface area contributed by atoms with Crippen molar-refractivity contribution in [1.82, 2.24) is 9.55 Å². The molecule has 1 aromatic heterocycles. The number of nitrogens with zero attached hydrogens (tertiary/aromatic N) is 2. The summed E-state index contributed by atoms with van der Waals surface area (Å²) >= 11 is 5.52. The lowest BCUT2D eigenvalue weighted by Crippen LogP contribution is -2.31. The Bertz CT molecular complexity index is 539. The predicted octanol–water partition coefficient (Wildman–Crippen LogP) is 1.05. The van der Waals surface area contributed by atoms with Gasteiger partial charge in [0, 0.05) is 24.8 Å². The highest BCUT2D eigenvalue weighted by atomic mass is 35.5. The van der Waals surface area contributed by atoms with Gasteiger partial charge in [0.25, 0.3) is 5.56 Å². The van der Waals surface area contributed by atoms with Gasteiger partial charge in [0.15, 0.2) is 0 Å². The minimum Gasteiger partial charge on any atom is -0.312 e. The zero-order chi connectivity index (χ0) is 13.1. The summed E-state index contributed by atoms with van der Waals surface area (Å²) in [5.41, 5.74) is -0.577. The van der Waals surface area contributed by atoms with Gasteiger partial charge < -0.3 is 4.57 Å². The maximum absolute atomic E-state index is 12.0. The van der Waals surface area contributed by atoms with Crippen molar-refractivity contribution in [2.24, 2.45) is 0 Å². The van der Waals surface area contributed by atoms with E-state index in [9.17, 15) is 13.2 Å². The van der Waals surface area contributed by atoms with Crippen molar-refractivity contribution in [3.05, 3.63) is 22.7 Å². The molecule has 17 heavy (non-hydrogen) atoms. The molecular weight excluding hydrogens is 264 g/mol. The van der Waals surface area contributed by atoms with Crippen molar-refractivity contribution in [3.8, 4) is 0 Å². The number of hydrogen-bond acceptors (Lipinski definition) is 4. The Morgan fingerprint density at radius 1 is 1.53 bits per heavy atom. The minimum absolute atomic E-state index is 0.0634. The van der Waals surface area contributed by atoms with Gasteiger partial charge in [-0.3, -0.25) is 4.79 Å². The first kappa shape index (κ1) is 14.2. The molecule has 1 heterocycles. The fourth-order valence-electron chi connectivity index (χ4n) is 1.31. The third-order valence-corrected chi connectivity index (χ3v) is 5.05. The van der Waals surface area contributed by atoms with E-state index in [0.29, 0.717) is 6.54 Å². The molecule has 0 saturated heterocycles. The minimum atomic E-state index is -3.74. The smallest absolute Gasteiger partial charge is 0.288 e. The van der Waals surface area contributed by atoms with E-state index in [1.165, 1.54) is 23.9 Å². The fraction of sp³-hybridized carbons (Fsp3) is 0.600. The van der Waals surface area contributed by atoms with E-state index in [-0.39, 0.29) is 5.88 Å². The Kier molecular flexibility index (Phi) is 4.70. The monoisotopic (exact) mass is 278 g/mol. The van der Waals surface area contributed by atoms with E-state index in [0.717, 1.165) is 6.42 Å². The highest BCUT2D eigenvalue weighted by Crippen LogP contribution is 2.10. The SMILES string of the molecule is CCCn1ccnc(S(=O)(=O)C(C)CCl)c1=O. The molecule has 1 unspecified atom stereocenters. The Labute approximate surface area is 105 Å². The zero-order valence-corrected chi connectivity index (χ0v) is 11.3. The molecular formula is C10H15ClN2O3S. The van der Waals surface area contributed by atoms with Crippen LogP contribution in [0.4, 0.5) is 0 Å². The summed E-state index contributed by atoms with van der Waals surface area (Å²) in [4.78, 5) is 15.6. The van der Waals surface area contributed by atoms with Gasteiger partial charge in [-0.1, -0.05) is 6.92 Å². The van der Waals surface area contributed by atoms with Crippen molar-refractivity contribution in [3.63, 3.8) is 0 Å². The molecule has 1 aromatic rings. The first-order chi connectivity index (χ1) is 7.95. The van der Waals surface area contributed by atoms with E-state index < -0.39 is 25.7 Å². The van der Waals surface area contributed by atoms with Crippen LogP contribution in [-0.2, 0) is 16.4 Å². The van der Waals surface area contributed by atoms with Crippen LogP contribution in [0.15, 0.2) is 22.2 Å². The van der Waals surface area contributed by atoms with Gasteiger partial charge in [-0.25, -0.2) is 13.4 Å². The van der Waals surface area contributed by atoms with Crippen molar-refractivity contribution >= 4 is 21.4 Å². The number of aryl methyl sites for hydroxylation is 1. The third kappa shape index (κ3) is 2.87. The fourth-order valence-corrected chi connectivity index (χ4v) is 2.93. The topological polar surface area (TPSA) is 69.0 Å². The number of alkyl halides is 1. The highest BCUT2D eigenvalue weighted by molar-refractivity contribution is 7.92. The van der Waals surface area contributed by atoms with Crippen LogP contribution in [-0.4, -0.2) is 29.1 Å². The largest absolute Gasteiger partial charge is 0.312 e. The average Bonchev–Trinajstić information content (AvgIpc) is 2.30. The lowest BCUT2D eigenvalue weighted by molar-refractivity contribution is 0.572. The highest BCUT2D eigenvalue weighted by Gasteiger charge is 2.27. The van der Waals surface area contributed by atoms with Gasteiger partial charge in [0.05, 0.1) is 5.25 Å². The second-order valence-electron chi connectivity index (χ2n) is 3.74. The Morgan fingerprint density at radius 2 is 2.18 bits per heavy atom. The van der Waals surface area contributed by atoms with Crippen LogP contribution in [0.3, 0.4) is 0 Å². The normalized spacial score (nSPS) is 13.6. The van der Waals surface area contributed by atoms with Crippen molar-refractivity contribution in [2.45, 2.75) is 37.1 Å². The standard InChI is InChI=1S/C10H15ClN2O3S/c1-3-5-13-6-4-12-9(10(13)14)17(15,16)8(2)7-11/h4,6,8H,3,5,7H2,1-2H3. The molecule has 0 fully saturated rings. The first-order valence-electron chi connectivity index (χ1n) is 5.30. The van der Waals surface area contributed by atoms with E-state index in [4.69, 9.17) is 11.6 Å². The molecule has 0 radical (unpaired) electrons. The molecule has 0 spiro atoms. The number of halogens is 1. The molecule has 0 aliphatic carbocycles. The van der Waals surface area contributed by atoms with E-state index in [2.05, 4.69) is 4.98 Å². The van der Waals surface area contributed by atoms with E-state index in [1.54, 1.807) is 0 Å². The molecule has 0 aliphatic rings. The summed E-state index contributed by atoms with van der Waals surface area (Å²) in [6.07, 6.45) is 3.55. The maximum Gasteiger partial charge on any atom is 0.288 e. The summed E-state index contributed by atoms with van der Waals surface area (Å²) in [5.74, 6) is -0.0634. The van der Waals surface area contributed by atoms with Gasteiger partial charge >= 0.3 is 0 Å². The predicted molar refractivity (Wildman–Crippen MR) is 66.2 cm³/mol. The number of hydrogen-bond donors (Lipinski definition) is 0. The van der Waals surface area contributed by atoms with Gasteiger partial charge in [-0.15, -0.1) is 11.6 Å². The molecule has 1 rings (SSSR count). The molecule has 7 heteroatoms. The second kappa shape index (κ2) is 5.64. The van der Waals surface area contributed by atoms with Crippen LogP contribution in [0.2, 0.25) is 0 Å². The molecule has 1 atom stereocenters. The molecule has 0 N–H and O–H groups in total. The molecule has 96 valence electrons. The molecule has 0 saturated carbocycles. The lowest BCUT2D eigenvalue weighted by atomic mass is 10.5. The summed E-state index contributed by atoms with van der Waals surface area (Å²) in [5, 5.41) is -1.23. The van der Waals surface area contributed by atoms with E-state index >= 15 is 0 Å². The van der Waals surface area contributed by atoms with E-state index in [1.807, 2.05) is 6.92 Å². The average molecular weight is 279 g/mol. The van der Waals surface area contributed by atoms with Gasteiger partial charge in [-0.05, 0) is 13.3 Å². The lowest BCUT2D eigenvalue weighted by Gasteiger charge is -2.10. The van der Waals surface area contributed by atoms with Gasteiger partial charge in [-0.2, -0.15) is 0 Å². The van der Waals surface area contributed by atoms with Crippen LogP contribution >= 0.6 is 11.6 Å². The Morgan fingerprint density at radius 3 is 2.71 bits per heavy atom. The van der Waals surface area contributed by atoms with Crippen molar-refractivity contribution in [2.75, 3.05) is 5.88 Å². The Balaban J connectivity index is 3.34. The van der Waals surface area contributed by atoms with Crippen LogP contribution in [0.5, 0.6) is 0 Å². The van der Waals surface area contributed by atoms with Crippen LogP contribution in [0, 0.1) is 0 Å². The third-order valence-electron chi connectivity index (χ3n) is 2.36. The summed E-state index contributed by atoms with van der Waals surface area (Å²) in [7, 11) is -3.74. The summed E-state index contributed by atoms with van der Waals surface area (Å²) in [6, 6.07) is 0. The number of sulfone groups is 1. The first-order valence-corrected chi connectivity index (χ1v) is 7.38. The zero-order valence-electron chi connectivity index (χ0n) is 9.76. The van der Waals surface area contributed by atoms with Crippen LogP contribution in [0.1, 0.15) is 20.3 Å². The molecule has 0 amide bonds. The second-order valence-corrected chi connectivity index (χ2v) is 6.33. The molecule has 0 aromatic carbocycles. The molecule has 0 aliphatic heterocycles. The van der Waals surface area contributed by atoms with Crippen molar-refractivity contribution in [1.29, 1.82) is 0 Å². The molecule has 0 bridgehead atoms. The van der Waals surface area contributed by atoms with Crippen molar-refractivity contribution < 1.29 is 8.42 Å². The van der Waals surface area contributed by atoms with Gasteiger partial charge in [0.2, 0.25) is 14.9 Å². The summed E-state index contributed by atoms with van der Waals surface area (Å²) < 4.78 is 25.3. The number of aromatic nitrogens is 2. The molecule has 5 nitrogen and oxygen atoms in total. The van der Waals surface area contributed by atoms with Crippen LogP contribution in [0.25, 0.3) is 0 Å². The Hall–Kier alpha value is -0.880.